The van der Waals surface area contributed by atoms with Gasteiger partial charge in [0.25, 0.3) is 0 Å². The Morgan fingerprint density at radius 1 is 0.946 bits per heavy atom. The van der Waals surface area contributed by atoms with E-state index in [-0.39, 0.29) is 11.7 Å². The number of pyridine rings is 1. The van der Waals surface area contributed by atoms with Gasteiger partial charge in [-0.1, -0.05) is 77.5 Å². The second-order valence-corrected chi connectivity index (χ2v) is 9.99. The summed E-state index contributed by atoms with van der Waals surface area (Å²) in [5.74, 6) is 0.640. The van der Waals surface area contributed by atoms with Crippen molar-refractivity contribution >= 4 is 23.4 Å². The van der Waals surface area contributed by atoms with Crippen LogP contribution in [0, 0.1) is 39.0 Å². The maximum absolute atomic E-state index is 13.0. The average molecular weight is 508 g/mol. The summed E-state index contributed by atoms with van der Waals surface area (Å²) in [6.45, 7) is 8.05. The molecule has 186 valence electrons. The summed E-state index contributed by atoms with van der Waals surface area (Å²) >= 11 is 1.26. The number of amides is 1. The number of ether oxygens (including phenoxy) is 1. The lowest BCUT2D eigenvalue weighted by molar-refractivity contribution is -0.113. The van der Waals surface area contributed by atoms with E-state index in [9.17, 15) is 10.1 Å². The van der Waals surface area contributed by atoms with Crippen LogP contribution in [0.15, 0.2) is 71.8 Å². The summed E-state index contributed by atoms with van der Waals surface area (Å²) in [4.78, 5) is 17.8. The lowest BCUT2D eigenvalue weighted by atomic mass is 9.98. The Kier molecular flexibility index (Phi) is 7.95. The van der Waals surface area contributed by atoms with Crippen LogP contribution < -0.4 is 10.1 Å². The summed E-state index contributed by atoms with van der Waals surface area (Å²) in [7, 11) is 1.61. The third-order valence-corrected chi connectivity index (χ3v) is 7.10. The molecule has 0 radical (unpaired) electrons. The van der Waals surface area contributed by atoms with Gasteiger partial charge in [0.15, 0.2) is 0 Å². The Bertz CT molecular complexity index is 1480. The zero-order valence-electron chi connectivity index (χ0n) is 21.7. The monoisotopic (exact) mass is 507 g/mol. The van der Waals surface area contributed by atoms with E-state index < -0.39 is 0 Å². The van der Waals surface area contributed by atoms with Gasteiger partial charge in [-0.05, 0) is 51.0 Å². The molecule has 6 heteroatoms. The van der Waals surface area contributed by atoms with E-state index in [0.717, 1.165) is 50.3 Å². The van der Waals surface area contributed by atoms with Crippen LogP contribution in [0.1, 0.15) is 27.8 Å². The van der Waals surface area contributed by atoms with Crippen molar-refractivity contribution in [3.05, 3.63) is 94.5 Å². The van der Waals surface area contributed by atoms with E-state index in [4.69, 9.17) is 9.72 Å². The predicted octanol–water partition coefficient (Wildman–Crippen LogP) is 7.26. The highest BCUT2D eigenvalue weighted by Gasteiger charge is 2.19. The van der Waals surface area contributed by atoms with Crippen LogP contribution in [-0.4, -0.2) is 23.8 Å². The third kappa shape index (κ3) is 5.84. The highest BCUT2D eigenvalue weighted by Crippen LogP contribution is 2.38. The number of para-hydroxylation sites is 1. The summed E-state index contributed by atoms with van der Waals surface area (Å²) < 4.78 is 5.60. The number of methoxy groups -OCH3 is 1. The van der Waals surface area contributed by atoms with Gasteiger partial charge >= 0.3 is 0 Å². The molecule has 4 aromatic rings. The summed E-state index contributed by atoms with van der Waals surface area (Å²) in [6, 6.07) is 24.1. The number of benzene rings is 3. The first-order valence-corrected chi connectivity index (χ1v) is 13.0. The average Bonchev–Trinajstić information content (AvgIpc) is 2.89. The lowest BCUT2D eigenvalue weighted by Gasteiger charge is -2.15. The second-order valence-electron chi connectivity index (χ2n) is 9.02. The number of aryl methyl sites for hydroxylation is 4. The first-order chi connectivity index (χ1) is 17.8. The van der Waals surface area contributed by atoms with E-state index in [1.807, 2.05) is 82.3 Å². The number of nitrogens with zero attached hydrogens (tertiary/aromatic N) is 2. The zero-order chi connectivity index (χ0) is 26.5. The molecule has 0 saturated carbocycles. The molecule has 37 heavy (non-hydrogen) atoms. The second kappa shape index (κ2) is 11.3. The minimum Gasteiger partial charge on any atom is -0.496 e. The molecule has 3 aromatic carbocycles. The van der Waals surface area contributed by atoms with E-state index >= 15 is 0 Å². The summed E-state index contributed by atoms with van der Waals surface area (Å²) in [5, 5.41) is 13.7. The molecule has 4 rings (SSSR count). The molecule has 0 atom stereocenters. The van der Waals surface area contributed by atoms with Crippen molar-refractivity contribution in [1.82, 2.24) is 4.98 Å². The van der Waals surface area contributed by atoms with Crippen molar-refractivity contribution in [3.63, 3.8) is 0 Å². The van der Waals surface area contributed by atoms with Crippen molar-refractivity contribution in [2.45, 2.75) is 32.7 Å². The number of anilines is 1. The number of carbonyl (C=O) groups excluding carboxylic acids is 1. The van der Waals surface area contributed by atoms with Crippen molar-refractivity contribution < 1.29 is 9.53 Å². The van der Waals surface area contributed by atoms with Crippen molar-refractivity contribution in [2.24, 2.45) is 0 Å². The van der Waals surface area contributed by atoms with Gasteiger partial charge in [-0.25, -0.2) is 4.98 Å². The molecule has 1 aromatic heterocycles. The Hall–Kier alpha value is -4.08. The maximum Gasteiger partial charge on any atom is 0.234 e. The van der Waals surface area contributed by atoms with Gasteiger partial charge in [-0.3, -0.25) is 4.79 Å². The van der Waals surface area contributed by atoms with Crippen LogP contribution in [0.4, 0.5) is 5.69 Å². The third-order valence-electron chi connectivity index (χ3n) is 6.12. The number of rotatable bonds is 7. The minimum atomic E-state index is -0.148. The van der Waals surface area contributed by atoms with Crippen LogP contribution >= 0.6 is 11.8 Å². The fraction of sp³-hybridized carbons (Fsp3) is 0.194. The smallest absolute Gasteiger partial charge is 0.234 e. The van der Waals surface area contributed by atoms with Gasteiger partial charge in [0.1, 0.15) is 16.8 Å². The van der Waals surface area contributed by atoms with Gasteiger partial charge < -0.3 is 10.1 Å². The molecule has 1 N–H and O–H groups in total. The molecule has 0 aliphatic heterocycles. The molecule has 1 heterocycles. The Morgan fingerprint density at radius 2 is 1.62 bits per heavy atom. The number of nitriles is 1. The quantitative estimate of drug-likeness (QED) is 0.266. The highest BCUT2D eigenvalue weighted by molar-refractivity contribution is 8.00. The summed E-state index contributed by atoms with van der Waals surface area (Å²) in [5.41, 5.74) is 8.77. The SMILES string of the molecule is COc1ccccc1-c1cc(-c2ccc(C)cc2)nc(SCC(=O)Nc2c(C)cc(C)cc2C)c1C#N. The van der Waals surface area contributed by atoms with E-state index in [0.29, 0.717) is 16.3 Å². The molecule has 0 spiro atoms. The largest absolute Gasteiger partial charge is 0.496 e. The Morgan fingerprint density at radius 3 is 2.27 bits per heavy atom. The molecule has 0 fully saturated rings. The van der Waals surface area contributed by atoms with Gasteiger partial charge in [-0.2, -0.15) is 5.26 Å². The van der Waals surface area contributed by atoms with Gasteiger partial charge in [0.05, 0.1) is 24.1 Å². The fourth-order valence-electron chi connectivity index (χ4n) is 4.37. The van der Waals surface area contributed by atoms with Crippen LogP contribution in [0.25, 0.3) is 22.4 Å². The van der Waals surface area contributed by atoms with Crippen LogP contribution in [0.5, 0.6) is 5.75 Å². The lowest BCUT2D eigenvalue weighted by Crippen LogP contribution is -2.16. The number of thioether (sulfide) groups is 1. The molecule has 5 nitrogen and oxygen atoms in total. The normalized spacial score (nSPS) is 10.6. The number of hydrogen-bond acceptors (Lipinski definition) is 5. The van der Waals surface area contributed by atoms with Gasteiger partial charge in [0, 0.05) is 22.4 Å². The molecular weight excluding hydrogens is 478 g/mol. The molecule has 0 bridgehead atoms. The van der Waals surface area contributed by atoms with Crippen molar-refractivity contribution in [3.8, 4) is 34.2 Å². The predicted molar refractivity (Wildman–Crippen MR) is 151 cm³/mol. The number of aromatic nitrogens is 1. The van der Waals surface area contributed by atoms with Crippen molar-refractivity contribution in [2.75, 3.05) is 18.2 Å². The summed E-state index contributed by atoms with van der Waals surface area (Å²) in [6.07, 6.45) is 0. The topological polar surface area (TPSA) is 75.0 Å². The molecule has 0 aliphatic rings. The standard InChI is InChI=1S/C31H29N3O2S/c1-19-10-12-23(13-11-19)27-16-25(24-8-6-7-9-28(24)36-5)26(17-32)31(33-27)37-18-29(35)34-30-21(3)14-20(2)15-22(30)4/h6-16H,18H2,1-5H3,(H,34,35). The van der Waals surface area contributed by atoms with Crippen LogP contribution in [0.3, 0.4) is 0 Å². The van der Waals surface area contributed by atoms with E-state index in [1.165, 1.54) is 11.8 Å². The van der Waals surface area contributed by atoms with E-state index in [2.05, 4.69) is 23.5 Å². The Balaban J connectivity index is 1.73. The number of nitrogens with one attached hydrogen (secondary N) is 1. The zero-order valence-corrected chi connectivity index (χ0v) is 22.5. The molecule has 0 saturated heterocycles. The minimum absolute atomic E-state index is 0.122. The fourth-order valence-corrected chi connectivity index (χ4v) is 5.18. The number of carbonyl (C=O) groups is 1. The van der Waals surface area contributed by atoms with Gasteiger partial charge in [-0.15, -0.1) is 0 Å². The van der Waals surface area contributed by atoms with Gasteiger partial charge in [0.2, 0.25) is 5.91 Å². The van der Waals surface area contributed by atoms with E-state index in [1.54, 1.807) is 7.11 Å². The maximum atomic E-state index is 13.0. The number of hydrogen-bond donors (Lipinski definition) is 1. The molecule has 0 unspecified atom stereocenters. The highest BCUT2D eigenvalue weighted by atomic mass is 32.2. The molecule has 1 amide bonds. The first-order valence-electron chi connectivity index (χ1n) is 12.0. The molecule has 0 aliphatic carbocycles. The molecular formula is C31H29N3O2S. The van der Waals surface area contributed by atoms with Crippen molar-refractivity contribution in [1.29, 1.82) is 5.26 Å². The first kappa shape index (κ1) is 26.0. The Labute approximate surface area is 222 Å². The van der Waals surface area contributed by atoms with Crippen LogP contribution in [0.2, 0.25) is 0 Å². The van der Waals surface area contributed by atoms with Crippen LogP contribution in [-0.2, 0) is 4.79 Å².